The summed E-state index contributed by atoms with van der Waals surface area (Å²) in [5, 5.41) is 10.7. The van der Waals surface area contributed by atoms with Crippen LogP contribution in [0.3, 0.4) is 0 Å². The van der Waals surface area contributed by atoms with Gasteiger partial charge < -0.3 is 5.11 Å². The normalized spacial score (nSPS) is 10.3. The Kier molecular flexibility index (Phi) is 2.09. The summed E-state index contributed by atoms with van der Waals surface area (Å²) in [6.45, 7) is 0. The number of rotatable bonds is 1. The van der Waals surface area contributed by atoms with Crippen molar-refractivity contribution >= 4 is 29.4 Å². The molecule has 0 atom stereocenters. The molecule has 14 heavy (non-hydrogen) atoms. The highest BCUT2D eigenvalue weighted by Crippen LogP contribution is 2.25. The van der Waals surface area contributed by atoms with E-state index in [1.807, 2.05) is 24.3 Å². The van der Waals surface area contributed by atoms with Crippen molar-refractivity contribution in [2.24, 2.45) is 0 Å². The molecule has 0 aliphatic heterocycles. The van der Waals surface area contributed by atoms with Crippen LogP contribution >= 0.6 is 12.6 Å². The van der Waals surface area contributed by atoms with Gasteiger partial charge in [0, 0.05) is 5.39 Å². The van der Waals surface area contributed by atoms with E-state index in [-0.39, 0.29) is 5.56 Å². The summed E-state index contributed by atoms with van der Waals surface area (Å²) in [5.41, 5.74) is 0.193. The molecule has 0 unspecified atom stereocenters. The van der Waals surface area contributed by atoms with E-state index >= 15 is 0 Å². The van der Waals surface area contributed by atoms with Gasteiger partial charge in [0.2, 0.25) is 0 Å². The lowest BCUT2D eigenvalue weighted by atomic mass is 10.1. The second-order valence-corrected chi connectivity index (χ2v) is 3.38. The predicted molar refractivity (Wildman–Crippen MR) is 56.8 cm³/mol. The van der Waals surface area contributed by atoms with Gasteiger partial charge in [-0.25, -0.2) is 4.79 Å². The maximum absolute atomic E-state index is 10.8. The molecule has 1 radical (unpaired) electrons. The molecule has 0 saturated carbocycles. The SMILES string of the molecule is O=C(O)c1ccc2ccccc2c1[S]. The van der Waals surface area contributed by atoms with E-state index in [0.717, 1.165) is 10.8 Å². The Bertz CT molecular complexity index is 506. The molecule has 0 aliphatic rings. The third-order valence-electron chi connectivity index (χ3n) is 2.11. The number of aromatic carboxylic acids is 1. The molecule has 0 saturated heterocycles. The predicted octanol–water partition coefficient (Wildman–Crippen LogP) is 3.09. The Labute approximate surface area is 86.6 Å². The number of fused-ring (bicyclic) bond motifs is 1. The van der Waals surface area contributed by atoms with Crippen LogP contribution in [0, 0.1) is 0 Å². The zero-order valence-electron chi connectivity index (χ0n) is 7.23. The maximum Gasteiger partial charge on any atom is 0.337 e. The quantitative estimate of drug-likeness (QED) is 0.773. The number of benzene rings is 2. The van der Waals surface area contributed by atoms with Crippen LogP contribution in [0.25, 0.3) is 10.8 Å². The topological polar surface area (TPSA) is 37.3 Å². The molecule has 0 spiro atoms. The van der Waals surface area contributed by atoms with Gasteiger partial charge in [-0.2, -0.15) is 0 Å². The molecule has 0 amide bonds. The zero-order chi connectivity index (χ0) is 10.1. The molecule has 69 valence electrons. The first-order valence-corrected chi connectivity index (χ1v) is 4.53. The lowest BCUT2D eigenvalue weighted by Crippen LogP contribution is -1.97. The van der Waals surface area contributed by atoms with Crippen molar-refractivity contribution in [2.45, 2.75) is 4.90 Å². The summed E-state index contributed by atoms with van der Waals surface area (Å²) >= 11 is 5.09. The molecular formula is C11H7O2S. The van der Waals surface area contributed by atoms with Crippen LogP contribution in [0.15, 0.2) is 41.3 Å². The van der Waals surface area contributed by atoms with Gasteiger partial charge in [0.05, 0.1) is 10.5 Å². The molecule has 3 heteroatoms. The van der Waals surface area contributed by atoms with Crippen LogP contribution < -0.4 is 0 Å². The Morgan fingerprint density at radius 2 is 1.86 bits per heavy atom. The lowest BCUT2D eigenvalue weighted by molar-refractivity contribution is 0.0693. The highest BCUT2D eigenvalue weighted by atomic mass is 32.1. The summed E-state index contributed by atoms with van der Waals surface area (Å²) in [7, 11) is 0. The minimum absolute atomic E-state index is 0.193. The van der Waals surface area contributed by atoms with E-state index in [0.29, 0.717) is 4.90 Å². The summed E-state index contributed by atoms with van der Waals surface area (Å²) in [6, 6.07) is 10.8. The molecule has 1 N–H and O–H groups in total. The second kappa shape index (κ2) is 3.27. The Morgan fingerprint density at radius 3 is 2.57 bits per heavy atom. The number of hydrogen-bond donors (Lipinski definition) is 1. The summed E-state index contributed by atoms with van der Waals surface area (Å²) in [6.07, 6.45) is 0. The van der Waals surface area contributed by atoms with Crippen molar-refractivity contribution in [3.63, 3.8) is 0 Å². The largest absolute Gasteiger partial charge is 0.478 e. The third-order valence-corrected chi connectivity index (χ3v) is 2.55. The number of hydrogen-bond acceptors (Lipinski definition) is 1. The average molecular weight is 203 g/mol. The molecule has 2 aromatic rings. The molecule has 2 aromatic carbocycles. The second-order valence-electron chi connectivity index (χ2n) is 2.97. The van der Waals surface area contributed by atoms with Crippen LogP contribution in [0.1, 0.15) is 10.4 Å². The Balaban J connectivity index is 2.81. The monoisotopic (exact) mass is 203 g/mol. The van der Waals surface area contributed by atoms with E-state index in [1.165, 1.54) is 0 Å². The molecule has 0 aromatic heterocycles. The number of carboxylic acids is 1. The van der Waals surface area contributed by atoms with E-state index in [9.17, 15) is 4.79 Å². The third kappa shape index (κ3) is 1.32. The van der Waals surface area contributed by atoms with Crippen LogP contribution in [0.4, 0.5) is 0 Å². The van der Waals surface area contributed by atoms with Gasteiger partial charge in [-0.3, -0.25) is 0 Å². The summed E-state index contributed by atoms with van der Waals surface area (Å²) < 4.78 is 0. The van der Waals surface area contributed by atoms with E-state index in [1.54, 1.807) is 12.1 Å². The molecule has 2 nitrogen and oxygen atoms in total. The van der Waals surface area contributed by atoms with Gasteiger partial charge in [-0.05, 0) is 11.5 Å². The van der Waals surface area contributed by atoms with Crippen LogP contribution in [0.2, 0.25) is 0 Å². The van der Waals surface area contributed by atoms with Crippen molar-refractivity contribution in [2.75, 3.05) is 0 Å². The van der Waals surface area contributed by atoms with Gasteiger partial charge in [0.1, 0.15) is 0 Å². The molecule has 0 aliphatic carbocycles. The molecular weight excluding hydrogens is 196 g/mol. The first kappa shape index (κ1) is 8.97. The van der Waals surface area contributed by atoms with Crippen LogP contribution in [-0.4, -0.2) is 11.1 Å². The van der Waals surface area contributed by atoms with Crippen LogP contribution in [0.5, 0.6) is 0 Å². The minimum atomic E-state index is -0.972. The number of carbonyl (C=O) groups is 1. The zero-order valence-corrected chi connectivity index (χ0v) is 8.04. The Morgan fingerprint density at radius 1 is 1.14 bits per heavy atom. The van der Waals surface area contributed by atoms with E-state index in [2.05, 4.69) is 0 Å². The first-order valence-electron chi connectivity index (χ1n) is 4.12. The van der Waals surface area contributed by atoms with E-state index < -0.39 is 5.97 Å². The average Bonchev–Trinajstić information content (AvgIpc) is 2.18. The number of carboxylic acid groups (broad SMARTS) is 1. The maximum atomic E-state index is 10.8. The minimum Gasteiger partial charge on any atom is -0.478 e. The molecule has 0 heterocycles. The summed E-state index contributed by atoms with van der Waals surface area (Å²) in [4.78, 5) is 11.2. The van der Waals surface area contributed by atoms with Crippen molar-refractivity contribution in [3.05, 3.63) is 42.0 Å². The first-order chi connectivity index (χ1) is 6.70. The van der Waals surface area contributed by atoms with Crippen LogP contribution in [-0.2, 0) is 0 Å². The van der Waals surface area contributed by atoms with Gasteiger partial charge in [-0.15, -0.1) is 0 Å². The fourth-order valence-corrected chi connectivity index (χ4v) is 1.75. The highest BCUT2D eigenvalue weighted by molar-refractivity contribution is 7.80. The fourth-order valence-electron chi connectivity index (χ4n) is 1.41. The summed E-state index contributed by atoms with van der Waals surface area (Å²) in [5.74, 6) is -0.972. The Hall–Kier alpha value is -1.61. The van der Waals surface area contributed by atoms with Crippen molar-refractivity contribution < 1.29 is 9.90 Å². The highest BCUT2D eigenvalue weighted by Gasteiger charge is 2.10. The van der Waals surface area contributed by atoms with Gasteiger partial charge >= 0.3 is 5.97 Å². The smallest absolute Gasteiger partial charge is 0.337 e. The fraction of sp³-hybridized carbons (Fsp3) is 0. The molecule has 0 fully saturated rings. The van der Waals surface area contributed by atoms with E-state index in [4.69, 9.17) is 17.7 Å². The standard InChI is InChI=1S/C11H7O2S/c12-11(13)9-6-5-7-3-1-2-4-8(7)10(9)14/h1-6H,(H,12,13). The lowest BCUT2D eigenvalue weighted by Gasteiger charge is -2.03. The van der Waals surface area contributed by atoms with Crippen molar-refractivity contribution in [1.82, 2.24) is 0 Å². The van der Waals surface area contributed by atoms with Gasteiger partial charge in [0.15, 0.2) is 0 Å². The van der Waals surface area contributed by atoms with Gasteiger partial charge in [-0.1, -0.05) is 43.0 Å². The van der Waals surface area contributed by atoms with Crippen molar-refractivity contribution in [1.29, 1.82) is 0 Å². The molecule has 0 bridgehead atoms. The molecule has 2 rings (SSSR count). The van der Waals surface area contributed by atoms with Crippen molar-refractivity contribution in [3.8, 4) is 0 Å². The van der Waals surface area contributed by atoms with Gasteiger partial charge in [0.25, 0.3) is 0 Å².